The van der Waals surface area contributed by atoms with Gasteiger partial charge in [-0.05, 0) is 68.2 Å². The molecule has 0 heterocycles. The van der Waals surface area contributed by atoms with Crippen molar-refractivity contribution in [3.05, 3.63) is 34.9 Å². The quantitative estimate of drug-likeness (QED) is 0.803. The summed E-state index contributed by atoms with van der Waals surface area (Å²) in [6.07, 6.45) is 3.95. The van der Waals surface area contributed by atoms with Crippen molar-refractivity contribution in [1.82, 2.24) is 0 Å². The van der Waals surface area contributed by atoms with Crippen LogP contribution >= 0.6 is 0 Å². The standard InChI is InChI=1S/C14H21N/c1-10-4-3-5-11(2)14(10)8-12-6-7-13(12)9-15/h3-5,12-13H,6-9,15H2,1-2H3. The second-order valence-electron chi connectivity index (χ2n) is 4.91. The zero-order valence-corrected chi connectivity index (χ0v) is 9.79. The third-order valence-corrected chi connectivity index (χ3v) is 3.99. The molecule has 2 N–H and O–H groups in total. The zero-order chi connectivity index (χ0) is 10.8. The fourth-order valence-electron chi connectivity index (χ4n) is 2.65. The molecule has 0 aromatic heterocycles. The lowest BCUT2D eigenvalue weighted by atomic mass is 9.70. The summed E-state index contributed by atoms with van der Waals surface area (Å²) in [5.41, 5.74) is 10.2. The van der Waals surface area contributed by atoms with Crippen LogP contribution in [0.5, 0.6) is 0 Å². The van der Waals surface area contributed by atoms with Gasteiger partial charge in [0.05, 0.1) is 0 Å². The Balaban J connectivity index is 2.10. The molecular formula is C14H21N. The van der Waals surface area contributed by atoms with Crippen molar-refractivity contribution in [2.45, 2.75) is 33.1 Å². The van der Waals surface area contributed by atoms with Gasteiger partial charge in [0.2, 0.25) is 0 Å². The Morgan fingerprint density at radius 2 is 1.73 bits per heavy atom. The van der Waals surface area contributed by atoms with Crippen LogP contribution < -0.4 is 5.73 Å². The molecule has 0 aliphatic heterocycles. The Morgan fingerprint density at radius 1 is 1.13 bits per heavy atom. The minimum absolute atomic E-state index is 0.781. The van der Waals surface area contributed by atoms with Crippen molar-refractivity contribution in [3.63, 3.8) is 0 Å². The first-order valence-electron chi connectivity index (χ1n) is 5.97. The molecule has 1 saturated carbocycles. The molecule has 1 aromatic carbocycles. The van der Waals surface area contributed by atoms with Crippen molar-refractivity contribution in [3.8, 4) is 0 Å². The Labute approximate surface area is 92.7 Å². The predicted molar refractivity (Wildman–Crippen MR) is 64.9 cm³/mol. The van der Waals surface area contributed by atoms with Gasteiger partial charge in [0, 0.05) is 0 Å². The van der Waals surface area contributed by atoms with Crippen molar-refractivity contribution in [2.24, 2.45) is 17.6 Å². The van der Waals surface area contributed by atoms with Crippen LogP contribution in [0.2, 0.25) is 0 Å². The second-order valence-corrected chi connectivity index (χ2v) is 4.91. The maximum Gasteiger partial charge on any atom is -0.00461 e. The topological polar surface area (TPSA) is 26.0 Å². The first-order valence-corrected chi connectivity index (χ1v) is 5.97. The lowest BCUT2D eigenvalue weighted by molar-refractivity contribution is 0.183. The molecule has 1 aliphatic rings. The summed E-state index contributed by atoms with van der Waals surface area (Å²) in [5.74, 6) is 1.62. The van der Waals surface area contributed by atoms with Crippen molar-refractivity contribution < 1.29 is 0 Å². The van der Waals surface area contributed by atoms with Crippen molar-refractivity contribution in [1.29, 1.82) is 0 Å². The highest BCUT2D eigenvalue weighted by Gasteiger charge is 2.29. The highest BCUT2D eigenvalue weighted by Crippen LogP contribution is 2.37. The van der Waals surface area contributed by atoms with Gasteiger partial charge in [-0.2, -0.15) is 0 Å². The normalized spacial score (nSPS) is 25.0. The lowest BCUT2D eigenvalue weighted by Crippen LogP contribution is -2.34. The summed E-state index contributed by atoms with van der Waals surface area (Å²) in [6.45, 7) is 5.31. The van der Waals surface area contributed by atoms with E-state index in [1.165, 1.54) is 30.4 Å². The van der Waals surface area contributed by atoms with Gasteiger partial charge in [-0.15, -0.1) is 0 Å². The molecule has 1 fully saturated rings. The Bertz CT molecular complexity index is 321. The minimum atomic E-state index is 0.781. The average molecular weight is 203 g/mol. The van der Waals surface area contributed by atoms with Gasteiger partial charge in [-0.3, -0.25) is 0 Å². The molecule has 0 spiro atoms. The fourth-order valence-corrected chi connectivity index (χ4v) is 2.65. The largest absolute Gasteiger partial charge is 0.330 e. The van der Waals surface area contributed by atoms with Gasteiger partial charge >= 0.3 is 0 Å². The van der Waals surface area contributed by atoms with Crippen LogP contribution in [0.1, 0.15) is 29.5 Å². The molecule has 82 valence electrons. The molecule has 1 aromatic rings. The van der Waals surface area contributed by atoms with E-state index in [-0.39, 0.29) is 0 Å². The van der Waals surface area contributed by atoms with Gasteiger partial charge in [0.15, 0.2) is 0 Å². The third kappa shape index (κ3) is 2.07. The van der Waals surface area contributed by atoms with E-state index in [1.54, 1.807) is 5.56 Å². The van der Waals surface area contributed by atoms with Gasteiger partial charge in [0.25, 0.3) is 0 Å². The van der Waals surface area contributed by atoms with Gasteiger partial charge in [0.1, 0.15) is 0 Å². The molecule has 2 atom stereocenters. The molecule has 0 saturated heterocycles. The van der Waals surface area contributed by atoms with Crippen molar-refractivity contribution in [2.75, 3.05) is 6.54 Å². The second kappa shape index (κ2) is 4.36. The van der Waals surface area contributed by atoms with E-state index in [1.807, 2.05) is 0 Å². The number of hydrogen-bond donors (Lipinski definition) is 1. The van der Waals surface area contributed by atoms with E-state index in [4.69, 9.17) is 5.73 Å². The third-order valence-electron chi connectivity index (χ3n) is 3.99. The van der Waals surface area contributed by atoms with Crippen LogP contribution in [0.3, 0.4) is 0 Å². The Hall–Kier alpha value is -0.820. The lowest BCUT2D eigenvalue weighted by Gasteiger charge is -2.36. The summed E-state index contributed by atoms with van der Waals surface area (Å²) in [6, 6.07) is 6.59. The first kappa shape index (κ1) is 10.7. The summed E-state index contributed by atoms with van der Waals surface area (Å²) < 4.78 is 0. The van der Waals surface area contributed by atoms with Crippen molar-refractivity contribution >= 4 is 0 Å². The van der Waals surface area contributed by atoms with E-state index >= 15 is 0 Å². The van der Waals surface area contributed by atoms with E-state index in [9.17, 15) is 0 Å². The van der Waals surface area contributed by atoms with E-state index in [0.29, 0.717) is 0 Å². The molecule has 1 aliphatic carbocycles. The maximum atomic E-state index is 5.75. The van der Waals surface area contributed by atoms with E-state index in [2.05, 4.69) is 32.0 Å². The Morgan fingerprint density at radius 3 is 2.20 bits per heavy atom. The maximum absolute atomic E-state index is 5.75. The van der Waals surface area contributed by atoms with Gasteiger partial charge in [-0.25, -0.2) is 0 Å². The summed E-state index contributed by atoms with van der Waals surface area (Å²) in [7, 11) is 0. The minimum Gasteiger partial charge on any atom is -0.330 e. The van der Waals surface area contributed by atoms with Crippen LogP contribution in [-0.2, 0) is 6.42 Å². The number of rotatable bonds is 3. The van der Waals surface area contributed by atoms with Crippen LogP contribution in [0.15, 0.2) is 18.2 Å². The molecule has 2 rings (SSSR count). The smallest absolute Gasteiger partial charge is 0.00461 e. The van der Waals surface area contributed by atoms with E-state index < -0.39 is 0 Å². The first-order chi connectivity index (χ1) is 7.22. The predicted octanol–water partition coefficient (Wildman–Crippen LogP) is 2.83. The summed E-state index contributed by atoms with van der Waals surface area (Å²) in [5, 5.41) is 0. The summed E-state index contributed by atoms with van der Waals surface area (Å²) >= 11 is 0. The summed E-state index contributed by atoms with van der Waals surface area (Å²) in [4.78, 5) is 0. The van der Waals surface area contributed by atoms with Crippen LogP contribution in [0.25, 0.3) is 0 Å². The monoisotopic (exact) mass is 203 g/mol. The highest BCUT2D eigenvalue weighted by molar-refractivity contribution is 5.34. The molecule has 0 radical (unpaired) electrons. The Kier molecular flexibility index (Phi) is 3.11. The average Bonchev–Trinajstić information content (AvgIpc) is 2.16. The zero-order valence-electron chi connectivity index (χ0n) is 9.79. The molecule has 2 unspecified atom stereocenters. The SMILES string of the molecule is Cc1cccc(C)c1CC1CCC1CN. The number of hydrogen-bond acceptors (Lipinski definition) is 1. The molecular weight excluding hydrogens is 182 g/mol. The molecule has 15 heavy (non-hydrogen) atoms. The number of benzene rings is 1. The van der Waals surface area contributed by atoms with Gasteiger partial charge in [-0.1, -0.05) is 18.2 Å². The van der Waals surface area contributed by atoms with E-state index in [0.717, 1.165) is 18.4 Å². The molecule has 0 amide bonds. The fraction of sp³-hybridized carbons (Fsp3) is 0.571. The van der Waals surface area contributed by atoms with Gasteiger partial charge < -0.3 is 5.73 Å². The molecule has 1 heteroatoms. The van der Waals surface area contributed by atoms with Crippen LogP contribution in [0.4, 0.5) is 0 Å². The number of aryl methyl sites for hydroxylation is 2. The number of nitrogens with two attached hydrogens (primary N) is 1. The molecule has 0 bridgehead atoms. The highest BCUT2D eigenvalue weighted by atomic mass is 14.6. The van der Waals surface area contributed by atoms with Crippen LogP contribution in [0, 0.1) is 25.7 Å². The molecule has 1 nitrogen and oxygen atoms in total. The van der Waals surface area contributed by atoms with Crippen LogP contribution in [-0.4, -0.2) is 6.54 Å².